The topological polar surface area (TPSA) is 100 Å². The summed E-state index contributed by atoms with van der Waals surface area (Å²) in [4.78, 5) is 33.1. The lowest BCUT2D eigenvalue weighted by molar-refractivity contribution is -0.137. The second-order valence-corrected chi connectivity index (χ2v) is 3.53. The maximum atomic E-state index is 11.7. The Balaban J connectivity index is 2.42. The standard InChI is InChI=1S/C11H15N3O4/c1-2-14-5-3-4-8(14)11(18)13-6-9(15)12-7-10(16)17/h3-5H,2,6-7H2,1H3,(H,12,15)(H,13,18)(H,16,17). The number of hydrogen-bond acceptors (Lipinski definition) is 3. The first-order valence-corrected chi connectivity index (χ1v) is 5.46. The molecule has 1 aromatic rings. The van der Waals surface area contributed by atoms with Gasteiger partial charge < -0.3 is 20.3 Å². The summed E-state index contributed by atoms with van der Waals surface area (Å²) in [6.07, 6.45) is 1.76. The third kappa shape index (κ3) is 3.93. The van der Waals surface area contributed by atoms with Gasteiger partial charge in [0.05, 0.1) is 6.54 Å². The predicted molar refractivity (Wildman–Crippen MR) is 63.1 cm³/mol. The van der Waals surface area contributed by atoms with Crippen molar-refractivity contribution >= 4 is 17.8 Å². The number of rotatable bonds is 6. The summed E-state index contributed by atoms with van der Waals surface area (Å²) in [5, 5.41) is 12.9. The second kappa shape index (κ2) is 6.43. The molecule has 7 nitrogen and oxygen atoms in total. The van der Waals surface area contributed by atoms with Crippen LogP contribution < -0.4 is 10.6 Å². The van der Waals surface area contributed by atoms with Crippen molar-refractivity contribution in [2.75, 3.05) is 13.1 Å². The number of amides is 2. The van der Waals surface area contributed by atoms with E-state index in [0.717, 1.165) is 0 Å². The third-order valence-corrected chi connectivity index (χ3v) is 2.25. The van der Waals surface area contributed by atoms with Gasteiger partial charge in [0.1, 0.15) is 12.2 Å². The summed E-state index contributed by atoms with van der Waals surface area (Å²) in [7, 11) is 0. The average Bonchev–Trinajstić information content (AvgIpc) is 2.81. The predicted octanol–water partition coefficient (Wildman–Crippen LogP) is -0.561. The van der Waals surface area contributed by atoms with E-state index in [2.05, 4.69) is 10.6 Å². The molecule has 2 amide bonds. The van der Waals surface area contributed by atoms with Crippen LogP contribution in [0.4, 0.5) is 0 Å². The van der Waals surface area contributed by atoms with Crippen molar-refractivity contribution in [1.29, 1.82) is 0 Å². The van der Waals surface area contributed by atoms with Crippen molar-refractivity contribution in [3.8, 4) is 0 Å². The summed E-state index contributed by atoms with van der Waals surface area (Å²) >= 11 is 0. The first kappa shape index (κ1) is 13.8. The average molecular weight is 253 g/mol. The Bertz CT molecular complexity index is 453. The molecule has 0 saturated heterocycles. The molecule has 0 spiro atoms. The van der Waals surface area contributed by atoms with E-state index in [1.165, 1.54) is 0 Å². The summed E-state index contributed by atoms with van der Waals surface area (Å²) in [5.74, 6) is -2.04. The van der Waals surface area contributed by atoms with Gasteiger partial charge in [-0.15, -0.1) is 0 Å². The van der Waals surface area contributed by atoms with Crippen molar-refractivity contribution in [2.24, 2.45) is 0 Å². The molecule has 0 atom stereocenters. The fraction of sp³-hybridized carbons (Fsp3) is 0.364. The van der Waals surface area contributed by atoms with Gasteiger partial charge in [0.15, 0.2) is 0 Å². The molecule has 0 aliphatic carbocycles. The van der Waals surface area contributed by atoms with E-state index in [4.69, 9.17) is 5.11 Å². The smallest absolute Gasteiger partial charge is 0.322 e. The van der Waals surface area contributed by atoms with Crippen LogP contribution in [0.15, 0.2) is 18.3 Å². The molecule has 0 aliphatic rings. The number of aliphatic carboxylic acids is 1. The molecule has 0 aliphatic heterocycles. The van der Waals surface area contributed by atoms with Crippen molar-refractivity contribution in [2.45, 2.75) is 13.5 Å². The highest BCUT2D eigenvalue weighted by atomic mass is 16.4. The SMILES string of the molecule is CCn1cccc1C(=O)NCC(=O)NCC(=O)O. The molecule has 0 saturated carbocycles. The van der Waals surface area contributed by atoms with Gasteiger partial charge in [0, 0.05) is 12.7 Å². The quantitative estimate of drug-likeness (QED) is 0.632. The zero-order chi connectivity index (χ0) is 13.5. The van der Waals surface area contributed by atoms with Gasteiger partial charge in [0.25, 0.3) is 5.91 Å². The lowest BCUT2D eigenvalue weighted by atomic mass is 10.4. The van der Waals surface area contributed by atoms with Gasteiger partial charge in [-0.25, -0.2) is 0 Å². The van der Waals surface area contributed by atoms with Crippen molar-refractivity contribution < 1.29 is 19.5 Å². The molecular weight excluding hydrogens is 238 g/mol. The van der Waals surface area contributed by atoms with Crippen molar-refractivity contribution in [1.82, 2.24) is 15.2 Å². The second-order valence-electron chi connectivity index (χ2n) is 3.53. The van der Waals surface area contributed by atoms with Crippen LogP contribution in [0, 0.1) is 0 Å². The van der Waals surface area contributed by atoms with E-state index in [9.17, 15) is 14.4 Å². The highest BCUT2D eigenvalue weighted by Crippen LogP contribution is 2.01. The maximum absolute atomic E-state index is 11.7. The van der Waals surface area contributed by atoms with Crippen LogP contribution in [0.2, 0.25) is 0 Å². The Labute approximate surface area is 104 Å². The lowest BCUT2D eigenvalue weighted by Crippen LogP contribution is -2.39. The monoisotopic (exact) mass is 253 g/mol. The van der Waals surface area contributed by atoms with Gasteiger partial charge in [-0.2, -0.15) is 0 Å². The summed E-state index contributed by atoms with van der Waals surface area (Å²) in [6.45, 7) is 1.85. The molecule has 7 heteroatoms. The Morgan fingerprint density at radius 3 is 2.61 bits per heavy atom. The fourth-order valence-electron chi connectivity index (χ4n) is 1.38. The van der Waals surface area contributed by atoms with Crippen LogP contribution in [0.1, 0.15) is 17.4 Å². The molecular formula is C11H15N3O4. The lowest BCUT2D eigenvalue weighted by Gasteiger charge is -2.07. The Hall–Kier alpha value is -2.31. The fourth-order valence-corrected chi connectivity index (χ4v) is 1.38. The van der Waals surface area contributed by atoms with Gasteiger partial charge in [-0.3, -0.25) is 14.4 Å². The normalized spacial score (nSPS) is 9.83. The summed E-state index contributed by atoms with van der Waals surface area (Å²) in [6, 6.07) is 3.39. The number of carbonyl (C=O) groups is 3. The number of nitrogens with zero attached hydrogens (tertiary/aromatic N) is 1. The van der Waals surface area contributed by atoms with E-state index in [-0.39, 0.29) is 12.5 Å². The number of carboxylic acid groups (broad SMARTS) is 1. The zero-order valence-electron chi connectivity index (χ0n) is 9.97. The Morgan fingerprint density at radius 2 is 2.00 bits per heavy atom. The molecule has 0 aromatic carbocycles. The number of nitrogens with one attached hydrogen (secondary N) is 2. The molecule has 1 rings (SSSR count). The van der Waals surface area contributed by atoms with E-state index >= 15 is 0 Å². The van der Waals surface area contributed by atoms with Crippen LogP contribution in [-0.4, -0.2) is 40.5 Å². The molecule has 18 heavy (non-hydrogen) atoms. The first-order chi connectivity index (χ1) is 8.54. The third-order valence-electron chi connectivity index (χ3n) is 2.25. The number of carbonyl (C=O) groups excluding carboxylic acids is 2. The minimum Gasteiger partial charge on any atom is -0.480 e. The number of carboxylic acids is 1. The van der Waals surface area contributed by atoms with Crippen LogP contribution in [0.5, 0.6) is 0 Å². The maximum Gasteiger partial charge on any atom is 0.322 e. The van der Waals surface area contributed by atoms with E-state index < -0.39 is 18.4 Å². The van der Waals surface area contributed by atoms with Crippen LogP contribution in [0.3, 0.4) is 0 Å². The molecule has 0 fully saturated rings. The van der Waals surface area contributed by atoms with E-state index in [0.29, 0.717) is 12.2 Å². The first-order valence-electron chi connectivity index (χ1n) is 5.46. The molecule has 1 aromatic heterocycles. The zero-order valence-corrected chi connectivity index (χ0v) is 9.97. The molecule has 0 radical (unpaired) electrons. The molecule has 1 heterocycles. The summed E-state index contributed by atoms with van der Waals surface area (Å²) < 4.78 is 1.74. The Morgan fingerprint density at radius 1 is 1.28 bits per heavy atom. The van der Waals surface area contributed by atoms with Gasteiger partial charge in [-0.05, 0) is 19.1 Å². The highest BCUT2D eigenvalue weighted by Gasteiger charge is 2.11. The van der Waals surface area contributed by atoms with E-state index in [1.54, 1.807) is 22.9 Å². The van der Waals surface area contributed by atoms with Crippen LogP contribution in [0.25, 0.3) is 0 Å². The largest absolute Gasteiger partial charge is 0.480 e. The number of aryl methyl sites for hydroxylation is 1. The van der Waals surface area contributed by atoms with Crippen LogP contribution >= 0.6 is 0 Å². The van der Waals surface area contributed by atoms with Gasteiger partial charge in [-0.1, -0.05) is 0 Å². The minimum absolute atomic E-state index is 0.249. The molecule has 0 unspecified atom stereocenters. The summed E-state index contributed by atoms with van der Waals surface area (Å²) in [5.41, 5.74) is 0.462. The molecule has 3 N–H and O–H groups in total. The number of aromatic nitrogens is 1. The van der Waals surface area contributed by atoms with E-state index in [1.807, 2.05) is 6.92 Å². The van der Waals surface area contributed by atoms with Gasteiger partial charge in [0.2, 0.25) is 5.91 Å². The van der Waals surface area contributed by atoms with Crippen LogP contribution in [-0.2, 0) is 16.1 Å². The molecule has 98 valence electrons. The Kier molecular flexibility index (Phi) is 4.91. The minimum atomic E-state index is -1.13. The van der Waals surface area contributed by atoms with Crippen molar-refractivity contribution in [3.05, 3.63) is 24.0 Å². The van der Waals surface area contributed by atoms with Crippen molar-refractivity contribution in [3.63, 3.8) is 0 Å². The van der Waals surface area contributed by atoms with Gasteiger partial charge >= 0.3 is 5.97 Å². The molecule has 0 bridgehead atoms. The highest BCUT2D eigenvalue weighted by molar-refractivity contribution is 5.95. The number of hydrogen-bond donors (Lipinski definition) is 3.